The van der Waals surface area contributed by atoms with E-state index < -0.39 is 26.6 Å². The molecule has 0 spiro atoms. The molecule has 2 unspecified atom stereocenters. The summed E-state index contributed by atoms with van der Waals surface area (Å²) in [5, 5.41) is 0.0964. The van der Waals surface area contributed by atoms with E-state index in [-0.39, 0.29) is 29.9 Å². The fraction of sp³-hybridized carbons (Fsp3) is 0.538. The van der Waals surface area contributed by atoms with E-state index >= 15 is 0 Å². The molecule has 21 heavy (non-hydrogen) atoms. The Hall–Kier alpha value is -0.700. The summed E-state index contributed by atoms with van der Waals surface area (Å²) < 4.78 is 54.1. The summed E-state index contributed by atoms with van der Waals surface area (Å²) in [6.45, 7) is 3.92. The van der Waals surface area contributed by atoms with Crippen LogP contribution in [0.2, 0.25) is 0 Å². The highest BCUT2D eigenvalue weighted by atomic mass is 32.2. The average Bonchev–Trinajstić information content (AvgIpc) is 2.44. The van der Waals surface area contributed by atoms with E-state index in [9.17, 15) is 17.2 Å². The fourth-order valence-electron chi connectivity index (χ4n) is 2.29. The molecule has 2 atom stereocenters. The third-order valence-corrected chi connectivity index (χ3v) is 7.03. The van der Waals surface area contributed by atoms with Crippen molar-refractivity contribution in [1.29, 1.82) is 0 Å². The minimum Gasteiger partial charge on any atom is -0.326 e. The van der Waals surface area contributed by atoms with Gasteiger partial charge in [0, 0.05) is 30.1 Å². The number of hydrogen-bond donors (Lipinski definition) is 1. The van der Waals surface area contributed by atoms with Crippen LogP contribution in [0.1, 0.15) is 19.4 Å². The molecule has 2 rings (SSSR count). The lowest BCUT2D eigenvalue weighted by Crippen LogP contribution is -2.48. The molecular formula is C13H18F2N2O2S2. The molecule has 1 aliphatic rings. The minimum absolute atomic E-state index is 0.0540. The topological polar surface area (TPSA) is 63.4 Å². The van der Waals surface area contributed by atoms with Gasteiger partial charge in [0.2, 0.25) is 10.0 Å². The van der Waals surface area contributed by atoms with Crippen molar-refractivity contribution in [2.75, 3.05) is 12.3 Å². The second kappa shape index (κ2) is 6.20. The monoisotopic (exact) mass is 336 g/mol. The molecule has 0 saturated carbocycles. The summed E-state index contributed by atoms with van der Waals surface area (Å²) in [4.78, 5) is -0.631. The Morgan fingerprint density at radius 1 is 1.38 bits per heavy atom. The first-order valence-corrected chi connectivity index (χ1v) is 9.09. The Balaban J connectivity index is 2.51. The molecule has 1 heterocycles. The molecule has 0 amide bonds. The van der Waals surface area contributed by atoms with Crippen molar-refractivity contribution in [3.05, 3.63) is 29.3 Å². The zero-order valence-electron chi connectivity index (χ0n) is 11.8. The fourth-order valence-corrected chi connectivity index (χ4v) is 5.41. The van der Waals surface area contributed by atoms with Gasteiger partial charge in [-0.3, -0.25) is 0 Å². The van der Waals surface area contributed by atoms with Gasteiger partial charge in [0.25, 0.3) is 0 Å². The number of sulfonamides is 1. The molecule has 1 aromatic rings. The van der Waals surface area contributed by atoms with Crippen molar-refractivity contribution in [3.8, 4) is 0 Å². The van der Waals surface area contributed by atoms with Crippen LogP contribution in [0.25, 0.3) is 0 Å². The highest BCUT2D eigenvalue weighted by Crippen LogP contribution is 2.31. The Labute approximate surface area is 127 Å². The molecule has 0 radical (unpaired) electrons. The minimum atomic E-state index is -4.08. The van der Waals surface area contributed by atoms with Crippen molar-refractivity contribution in [2.45, 2.75) is 36.6 Å². The van der Waals surface area contributed by atoms with E-state index in [1.54, 1.807) is 18.7 Å². The summed E-state index contributed by atoms with van der Waals surface area (Å²) in [7, 11) is -4.08. The number of rotatable bonds is 3. The maximum Gasteiger partial charge on any atom is 0.246 e. The van der Waals surface area contributed by atoms with Crippen LogP contribution in [0.15, 0.2) is 17.0 Å². The number of halogens is 2. The van der Waals surface area contributed by atoms with Crippen molar-refractivity contribution < 1.29 is 17.2 Å². The van der Waals surface area contributed by atoms with Gasteiger partial charge in [-0.15, -0.1) is 0 Å². The van der Waals surface area contributed by atoms with Gasteiger partial charge in [-0.1, -0.05) is 6.92 Å². The number of nitrogens with two attached hydrogens (primary N) is 1. The first kappa shape index (κ1) is 16.7. The van der Waals surface area contributed by atoms with Gasteiger partial charge in [-0.25, -0.2) is 17.2 Å². The van der Waals surface area contributed by atoms with Crippen LogP contribution in [0.3, 0.4) is 0 Å². The van der Waals surface area contributed by atoms with Gasteiger partial charge in [0.1, 0.15) is 4.90 Å². The Morgan fingerprint density at radius 2 is 2.05 bits per heavy atom. The molecule has 1 aliphatic heterocycles. The molecule has 0 aromatic heterocycles. The third-order valence-electron chi connectivity index (χ3n) is 3.70. The maximum atomic E-state index is 14.0. The molecule has 8 heteroatoms. The van der Waals surface area contributed by atoms with Crippen LogP contribution in [0.5, 0.6) is 0 Å². The van der Waals surface area contributed by atoms with E-state index in [1.165, 1.54) is 4.31 Å². The predicted octanol–water partition coefficient (Wildman–Crippen LogP) is 1.94. The van der Waals surface area contributed by atoms with Crippen LogP contribution in [-0.2, 0) is 16.6 Å². The third kappa shape index (κ3) is 3.08. The number of benzene rings is 1. The molecule has 2 N–H and O–H groups in total. The molecule has 0 bridgehead atoms. The first-order valence-electron chi connectivity index (χ1n) is 6.60. The van der Waals surface area contributed by atoms with Crippen molar-refractivity contribution in [3.63, 3.8) is 0 Å². The summed E-state index contributed by atoms with van der Waals surface area (Å²) >= 11 is 1.66. The highest BCUT2D eigenvalue weighted by molar-refractivity contribution is 8.00. The molecule has 4 nitrogen and oxygen atoms in total. The number of nitrogens with zero attached hydrogens (tertiary/aromatic N) is 1. The van der Waals surface area contributed by atoms with Crippen molar-refractivity contribution >= 4 is 21.8 Å². The zero-order valence-corrected chi connectivity index (χ0v) is 13.5. The molecule has 1 fully saturated rings. The normalized spacial score (nSPS) is 24.2. The van der Waals surface area contributed by atoms with E-state index in [1.807, 2.05) is 6.92 Å². The second-order valence-corrected chi connectivity index (χ2v) is 8.37. The predicted molar refractivity (Wildman–Crippen MR) is 79.5 cm³/mol. The number of thioether (sulfide) groups is 1. The van der Waals surface area contributed by atoms with Gasteiger partial charge >= 0.3 is 0 Å². The van der Waals surface area contributed by atoms with Gasteiger partial charge in [0.15, 0.2) is 11.6 Å². The van der Waals surface area contributed by atoms with Gasteiger partial charge < -0.3 is 5.73 Å². The van der Waals surface area contributed by atoms with Crippen LogP contribution in [0, 0.1) is 11.6 Å². The lowest BCUT2D eigenvalue weighted by atomic mass is 10.2. The molecule has 1 saturated heterocycles. The van der Waals surface area contributed by atoms with E-state index in [4.69, 9.17) is 5.73 Å². The van der Waals surface area contributed by atoms with Gasteiger partial charge in [-0.2, -0.15) is 16.1 Å². The summed E-state index contributed by atoms with van der Waals surface area (Å²) in [6, 6.07) is 1.76. The SMILES string of the molecule is CC1SCCN(S(=O)(=O)c2cc(CN)cc(F)c2F)C1C. The average molecular weight is 336 g/mol. The molecule has 1 aromatic carbocycles. The van der Waals surface area contributed by atoms with E-state index in [2.05, 4.69) is 0 Å². The highest BCUT2D eigenvalue weighted by Gasteiger charge is 2.37. The summed E-state index contributed by atoms with van der Waals surface area (Å²) in [5.74, 6) is -1.90. The standard InChI is InChI=1S/C13H18F2N2O2S2/c1-8-9(2)20-4-3-17(8)21(18,19)12-6-10(7-16)5-11(14)13(12)15/h5-6,8-9H,3-4,7,16H2,1-2H3. The van der Waals surface area contributed by atoms with Crippen LogP contribution in [-0.4, -0.2) is 36.3 Å². The zero-order chi connectivity index (χ0) is 15.8. The Kier molecular flexibility index (Phi) is 4.92. The molecular weight excluding hydrogens is 318 g/mol. The first-order chi connectivity index (χ1) is 9.78. The smallest absolute Gasteiger partial charge is 0.246 e. The lowest BCUT2D eigenvalue weighted by molar-refractivity contribution is 0.337. The Morgan fingerprint density at radius 3 is 2.67 bits per heavy atom. The largest absolute Gasteiger partial charge is 0.326 e. The van der Waals surface area contributed by atoms with E-state index in [0.717, 1.165) is 12.1 Å². The summed E-state index contributed by atoms with van der Waals surface area (Å²) in [6.07, 6.45) is 0. The van der Waals surface area contributed by atoms with Crippen LogP contribution < -0.4 is 5.73 Å². The van der Waals surface area contributed by atoms with Crippen molar-refractivity contribution in [1.82, 2.24) is 4.31 Å². The van der Waals surface area contributed by atoms with E-state index in [0.29, 0.717) is 5.75 Å². The van der Waals surface area contributed by atoms with Gasteiger partial charge in [-0.05, 0) is 24.6 Å². The maximum absolute atomic E-state index is 14.0. The molecule has 118 valence electrons. The van der Waals surface area contributed by atoms with Gasteiger partial charge in [0.05, 0.1) is 0 Å². The summed E-state index contributed by atoms with van der Waals surface area (Å²) in [5.41, 5.74) is 5.66. The second-order valence-electron chi connectivity index (χ2n) is 5.03. The Bertz CT molecular complexity index is 637. The number of hydrogen-bond acceptors (Lipinski definition) is 4. The quantitative estimate of drug-likeness (QED) is 0.916. The lowest BCUT2D eigenvalue weighted by Gasteiger charge is -2.36. The van der Waals surface area contributed by atoms with Crippen molar-refractivity contribution in [2.24, 2.45) is 5.73 Å². The van der Waals surface area contributed by atoms with Crippen LogP contribution in [0.4, 0.5) is 8.78 Å². The van der Waals surface area contributed by atoms with Crippen LogP contribution >= 0.6 is 11.8 Å². The molecule has 0 aliphatic carbocycles.